The Balaban J connectivity index is 1.72. The molecular weight excluding hydrogens is 306 g/mol. The Morgan fingerprint density at radius 2 is 2.12 bits per heavy atom. The van der Waals surface area contributed by atoms with Gasteiger partial charge in [-0.25, -0.2) is 0 Å². The molecule has 6 heteroatoms. The Bertz CT molecular complexity index is 788. The van der Waals surface area contributed by atoms with E-state index in [9.17, 15) is 14.7 Å². The van der Waals surface area contributed by atoms with E-state index in [-0.39, 0.29) is 17.9 Å². The Labute approximate surface area is 140 Å². The summed E-state index contributed by atoms with van der Waals surface area (Å²) >= 11 is 0. The van der Waals surface area contributed by atoms with Crippen LogP contribution in [0.5, 0.6) is 0 Å². The molecule has 1 aromatic carbocycles. The summed E-state index contributed by atoms with van der Waals surface area (Å²) in [5, 5.41) is 13.3. The molecular formula is C18H21N3O3. The molecule has 1 saturated heterocycles. The maximum atomic E-state index is 12.6. The first-order chi connectivity index (χ1) is 11.5. The highest BCUT2D eigenvalue weighted by Gasteiger charge is 2.29. The standard InChI is InChI=1S/C18H21N3O3/c1-11-14-5-3-4-6-16(14)19-9-15(11)17(23)20-13-7-8-21(10-13)18(24)12(2)22/h3-6,9,12-13,22H,7-8,10H2,1-2H3,(H,20,23)/t12?,13-/m0/s1. The lowest BCUT2D eigenvalue weighted by Crippen LogP contribution is -2.41. The van der Waals surface area contributed by atoms with E-state index in [1.165, 1.54) is 6.92 Å². The summed E-state index contributed by atoms with van der Waals surface area (Å²) in [5.41, 5.74) is 2.31. The molecule has 1 aromatic heterocycles. The molecule has 24 heavy (non-hydrogen) atoms. The molecule has 1 aliphatic heterocycles. The van der Waals surface area contributed by atoms with E-state index in [0.717, 1.165) is 16.5 Å². The zero-order chi connectivity index (χ0) is 17.3. The maximum absolute atomic E-state index is 12.6. The number of aryl methyl sites for hydroxylation is 1. The van der Waals surface area contributed by atoms with Gasteiger partial charge in [-0.2, -0.15) is 0 Å². The van der Waals surface area contributed by atoms with Gasteiger partial charge in [-0.3, -0.25) is 14.6 Å². The van der Waals surface area contributed by atoms with Gasteiger partial charge in [0.15, 0.2) is 0 Å². The fraction of sp³-hybridized carbons (Fsp3) is 0.389. The minimum atomic E-state index is -1.01. The van der Waals surface area contributed by atoms with Crippen molar-refractivity contribution in [1.29, 1.82) is 0 Å². The fourth-order valence-corrected chi connectivity index (χ4v) is 3.11. The number of nitrogens with zero attached hydrogens (tertiary/aromatic N) is 2. The van der Waals surface area contributed by atoms with Gasteiger partial charge in [-0.1, -0.05) is 18.2 Å². The molecule has 2 aromatic rings. The summed E-state index contributed by atoms with van der Waals surface area (Å²) < 4.78 is 0. The number of nitrogens with one attached hydrogen (secondary N) is 1. The first-order valence-electron chi connectivity index (χ1n) is 8.09. The second-order valence-corrected chi connectivity index (χ2v) is 6.23. The number of hydrogen-bond donors (Lipinski definition) is 2. The summed E-state index contributed by atoms with van der Waals surface area (Å²) in [7, 11) is 0. The van der Waals surface area contributed by atoms with Crippen molar-refractivity contribution in [2.75, 3.05) is 13.1 Å². The third-order valence-electron chi connectivity index (χ3n) is 4.48. The van der Waals surface area contributed by atoms with E-state index >= 15 is 0 Å². The van der Waals surface area contributed by atoms with Gasteiger partial charge in [0, 0.05) is 30.7 Å². The van der Waals surface area contributed by atoms with E-state index in [2.05, 4.69) is 10.3 Å². The second-order valence-electron chi connectivity index (χ2n) is 6.23. The zero-order valence-corrected chi connectivity index (χ0v) is 13.8. The number of aromatic nitrogens is 1. The number of para-hydroxylation sites is 1. The molecule has 0 spiro atoms. The third kappa shape index (κ3) is 3.10. The Morgan fingerprint density at radius 3 is 2.88 bits per heavy atom. The molecule has 126 valence electrons. The number of fused-ring (bicyclic) bond motifs is 1. The van der Waals surface area contributed by atoms with Crippen LogP contribution in [0, 0.1) is 6.92 Å². The van der Waals surface area contributed by atoms with Crippen LogP contribution in [-0.2, 0) is 4.79 Å². The lowest BCUT2D eigenvalue weighted by atomic mass is 10.0. The van der Waals surface area contributed by atoms with Crippen LogP contribution in [0.3, 0.4) is 0 Å². The molecule has 0 bridgehead atoms. The van der Waals surface area contributed by atoms with Gasteiger partial charge in [0.1, 0.15) is 6.10 Å². The molecule has 1 unspecified atom stereocenters. The number of pyridine rings is 1. The second kappa shape index (κ2) is 6.57. The number of rotatable bonds is 3. The first kappa shape index (κ1) is 16.4. The number of hydrogen-bond acceptors (Lipinski definition) is 4. The number of aliphatic hydroxyl groups is 1. The molecule has 0 aliphatic carbocycles. The van der Waals surface area contributed by atoms with Crippen molar-refractivity contribution in [2.24, 2.45) is 0 Å². The highest BCUT2D eigenvalue weighted by Crippen LogP contribution is 2.20. The van der Waals surface area contributed by atoms with Crippen LogP contribution >= 0.6 is 0 Å². The Morgan fingerprint density at radius 1 is 1.38 bits per heavy atom. The van der Waals surface area contributed by atoms with E-state index in [4.69, 9.17) is 0 Å². The van der Waals surface area contributed by atoms with E-state index in [0.29, 0.717) is 25.1 Å². The minimum Gasteiger partial charge on any atom is -0.384 e. The number of carbonyl (C=O) groups is 2. The highest BCUT2D eigenvalue weighted by atomic mass is 16.3. The van der Waals surface area contributed by atoms with Crippen molar-refractivity contribution in [3.05, 3.63) is 41.6 Å². The van der Waals surface area contributed by atoms with Crippen molar-refractivity contribution < 1.29 is 14.7 Å². The van der Waals surface area contributed by atoms with E-state index < -0.39 is 6.10 Å². The molecule has 2 atom stereocenters. The van der Waals surface area contributed by atoms with Gasteiger partial charge in [0.2, 0.25) is 0 Å². The largest absolute Gasteiger partial charge is 0.384 e. The minimum absolute atomic E-state index is 0.105. The predicted molar refractivity (Wildman–Crippen MR) is 90.6 cm³/mol. The monoisotopic (exact) mass is 327 g/mol. The molecule has 1 aliphatic rings. The van der Waals surface area contributed by atoms with Crippen molar-refractivity contribution >= 4 is 22.7 Å². The third-order valence-corrected chi connectivity index (χ3v) is 4.48. The number of amides is 2. The molecule has 6 nitrogen and oxygen atoms in total. The number of aliphatic hydroxyl groups excluding tert-OH is 1. The van der Waals surface area contributed by atoms with Crippen LogP contribution < -0.4 is 5.32 Å². The molecule has 3 rings (SSSR count). The fourth-order valence-electron chi connectivity index (χ4n) is 3.11. The molecule has 1 fully saturated rings. The summed E-state index contributed by atoms with van der Waals surface area (Å²) in [4.78, 5) is 30.3. The average molecular weight is 327 g/mol. The van der Waals surface area contributed by atoms with Crippen molar-refractivity contribution in [3.63, 3.8) is 0 Å². The van der Waals surface area contributed by atoms with Gasteiger partial charge in [0.05, 0.1) is 11.1 Å². The van der Waals surface area contributed by atoms with Gasteiger partial charge in [-0.15, -0.1) is 0 Å². The predicted octanol–water partition coefficient (Wildman–Crippen LogP) is 1.25. The van der Waals surface area contributed by atoms with Crippen LogP contribution in [0.1, 0.15) is 29.3 Å². The van der Waals surface area contributed by atoms with Crippen molar-refractivity contribution in [2.45, 2.75) is 32.4 Å². The molecule has 2 N–H and O–H groups in total. The molecule has 2 amide bonds. The number of likely N-dealkylation sites (tertiary alicyclic amines) is 1. The van der Waals surface area contributed by atoms with E-state index in [1.807, 2.05) is 31.2 Å². The smallest absolute Gasteiger partial charge is 0.253 e. The van der Waals surface area contributed by atoms with Crippen molar-refractivity contribution in [3.8, 4) is 0 Å². The van der Waals surface area contributed by atoms with E-state index in [1.54, 1.807) is 11.1 Å². The number of carbonyl (C=O) groups excluding carboxylic acids is 2. The van der Waals surface area contributed by atoms with Gasteiger partial charge in [-0.05, 0) is 31.9 Å². The Kier molecular flexibility index (Phi) is 4.49. The molecule has 0 saturated carbocycles. The lowest BCUT2D eigenvalue weighted by Gasteiger charge is -2.18. The summed E-state index contributed by atoms with van der Waals surface area (Å²) in [5.74, 6) is -0.475. The van der Waals surface area contributed by atoms with Gasteiger partial charge in [0.25, 0.3) is 11.8 Å². The van der Waals surface area contributed by atoms with Gasteiger partial charge < -0.3 is 15.3 Å². The van der Waals surface area contributed by atoms with Crippen LogP contribution in [0.2, 0.25) is 0 Å². The molecule has 0 radical (unpaired) electrons. The Hall–Kier alpha value is -2.47. The summed E-state index contributed by atoms with van der Waals surface area (Å²) in [6, 6.07) is 7.61. The van der Waals surface area contributed by atoms with Crippen LogP contribution in [-0.4, -0.2) is 52.0 Å². The first-order valence-corrected chi connectivity index (χ1v) is 8.09. The zero-order valence-electron chi connectivity index (χ0n) is 13.8. The summed E-state index contributed by atoms with van der Waals surface area (Å²) in [6.07, 6.45) is 1.27. The highest BCUT2D eigenvalue weighted by molar-refractivity contribution is 6.00. The lowest BCUT2D eigenvalue weighted by molar-refractivity contribution is -0.138. The van der Waals surface area contributed by atoms with Crippen LogP contribution in [0.4, 0.5) is 0 Å². The summed E-state index contributed by atoms with van der Waals surface area (Å²) in [6.45, 7) is 4.34. The SMILES string of the molecule is Cc1c(C(=O)N[C@H]2CCN(C(=O)C(C)O)C2)cnc2ccccc12. The van der Waals surface area contributed by atoms with Crippen LogP contribution in [0.15, 0.2) is 30.5 Å². The van der Waals surface area contributed by atoms with Gasteiger partial charge >= 0.3 is 0 Å². The topological polar surface area (TPSA) is 82.5 Å². The number of benzene rings is 1. The normalized spacial score (nSPS) is 18.6. The maximum Gasteiger partial charge on any atom is 0.253 e. The van der Waals surface area contributed by atoms with Crippen molar-refractivity contribution in [1.82, 2.24) is 15.2 Å². The molecule has 2 heterocycles. The average Bonchev–Trinajstić information content (AvgIpc) is 3.02. The quantitative estimate of drug-likeness (QED) is 0.889. The van der Waals surface area contributed by atoms with Crippen LogP contribution in [0.25, 0.3) is 10.9 Å².